The van der Waals surface area contributed by atoms with Crippen molar-refractivity contribution in [2.24, 2.45) is 5.73 Å². The Morgan fingerprint density at radius 2 is 1.95 bits per heavy atom. The van der Waals surface area contributed by atoms with Crippen LogP contribution in [0.1, 0.15) is 27.2 Å². The molecule has 0 aliphatic carbocycles. The number of methoxy groups -OCH3 is 1. The van der Waals surface area contributed by atoms with Gasteiger partial charge in [0, 0.05) is 13.5 Å². The van der Waals surface area contributed by atoms with Crippen molar-refractivity contribution in [3.63, 3.8) is 0 Å². The fourth-order valence-corrected chi connectivity index (χ4v) is 2.82. The van der Waals surface area contributed by atoms with E-state index in [2.05, 4.69) is 33.9 Å². The number of rotatable bonds is 4. The Morgan fingerprint density at radius 3 is 2.42 bits per heavy atom. The van der Waals surface area contributed by atoms with Crippen LogP contribution >= 0.6 is 0 Å². The van der Waals surface area contributed by atoms with E-state index in [0.717, 1.165) is 0 Å². The van der Waals surface area contributed by atoms with Crippen molar-refractivity contribution < 1.29 is 19.0 Å². The van der Waals surface area contributed by atoms with Gasteiger partial charge in [-0.25, -0.2) is 0 Å². The van der Waals surface area contributed by atoms with Crippen LogP contribution < -0.4 is 5.73 Å². The molecule has 0 aromatic carbocycles. The molecule has 5 nitrogen and oxygen atoms in total. The average Bonchev–Trinajstić information content (AvgIpc) is 2.29. The highest BCUT2D eigenvalue weighted by Gasteiger charge is 2.40. The summed E-state index contributed by atoms with van der Waals surface area (Å²) < 4.78 is 17.0. The lowest BCUT2D eigenvalue weighted by Crippen LogP contribution is -2.55. The lowest BCUT2D eigenvalue weighted by atomic mass is 10.0. The summed E-state index contributed by atoms with van der Waals surface area (Å²) in [6, 6.07) is -0.492. The van der Waals surface area contributed by atoms with E-state index in [9.17, 15) is 5.11 Å². The van der Waals surface area contributed by atoms with E-state index in [0.29, 0.717) is 13.0 Å². The summed E-state index contributed by atoms with van der Waals surface area (Å²) in [6.45, 7) is 11.5. The van der Waals surface area contributed by atoms with Crippen LogP contribution in [0.4, 0.5) is 0 Å². The van der Waals surface area contributed by atoms with Gasteiger partial charge in [0.15, 0.2) is 14.6 Å². The van der Waals surface area contributed by atoms with Gasteiger partial charge in [-0.2, -0.15) is 0 Å². The zero-order valence-corrected chi connectivity index (χ0v) is 14.0. The number of nitrogens with two attached hydrogens (primary N) is 1. The van der Waals surface area contributed by atoms with Crippen molar-refractivity contribution in [2.75, 3.05) is 13.7 Å². The zero-order valence-electron chi connectivity index (χ0n) is 13.0. The molecule has 0 bridgehead atoms. The summed E-state index contributed by atoms with van der Waals surface area (Å²) in [6.07, 6.45) is -0.826. The third-order valence-electron chi connectivity index (χ3n) is 4.26. The second kappa shape index (κ2) is 6.20. The monoisotopic (exact) mass is 291 g/mol. The smallest absolute Gasteiger partial charge is 0.192 e. The molecule has 0 aromatic rings. The van der Waals surface area contributed by atoms with E-state index in [-0.39, 0.29) is 11.1 Å². The van der Waals surface area contributed by atoms with E-state index < -0.39 is 26.8 Å². The molecule has 114 valence electrons. The third-order valence-corrected chi connectivity index (χ3v) is 8.76. The first kappa shape index (κ1) is 17.1. The molecule has 0 aromatic heterocycles. The Labute approximate surface area is 117 Å². The predicted octanol–water partition coefficient (Wildman–Crippen LogP) is 1.46. The topological polar surface area (TPSA) is 73.9 Å². The normalized spacial score (nSPS) is 33.5. The van der Waals surface area contributed by atoms with Crippen LogP contribution in [0.2, 0.25) is 18.1 Å². The van der Waals surface area contributed by atoms with E-state index in [1.165, 1.54) is 7.11 Å². The molecule has 0 saturated carbocycles. The summed E-state index contributed by atoms with van der Waals surface area (Å²) in [4.78, 5) is 0. The maximum Gasteiger partial charge on any atom is 0.192 e. The molecule has 1 heterocycles. The molecule has 19 heavy (non-hydrogen) atoms. The standard InChI is InChI=1S/C13H29NO4Si/c1-13(2,3)19(5,6)17-8-9-7-10(15)11(14)12(16-4)18-9/h9-12,15H,7-8,14H2,1-6H3/t9-,10+,11-,12+/m0/s1. The molecule has 1 rings (SSSR count). The molecule has 6 heteroatoms. The lowest BCUT2D eigenvalue weighted by Gasteiger charge is -2.40. The molecular formula is C13H29NO4Si. The average molecular weight is 291 g/mol. The zero-order chi connectivity index (χ0) is 14.8. The Kier molecular flexibility index (Phi) is 5.57. The highest BCUT2D eigenvalue weighted by Crippen LogP contribution is 2.37. The maximum atomic E-state index is 9.91. The highest BCUT2D eigenvalue weighted by atomic mass is 28.4. The molecule has 0 radical (unpaired) electrons. The van der Waals surface area contributed by atoms with Crippen LogP contribution in [0.5, 0.6) is 0 Å². The van der Waals surface area contributed by atoms with Crippen LogP contribution in [0.15, 0.2) is 0 Å². The minimum absolute atomic E-state index is 0.158. The molecule has 0 spiro atoms. The van der Waals surface area contributed by atoms with Crippen molar-refractivity contribution in [3.8, 4) is 0 Å². The Balaban J connectivity index is 2.55. The molecule has 0 unspecified atom stereocenters. The highest BCUT2D eigenvalue weighted by molar-refractivity contribution is 6.74. The van der Waals surface area contributed by atoms with Crippen molar-refractivity contribution in [3.05, 3.63) is 0 Å². The molecule has 1 saturated heterocycles. The fraction of sp³-hybridized carbons (Fsp3) is 1.00. The third kappa shape index (κ3) is 4.24. The summed E-state index contributed by atoms with van der Waals surface area (Å²) in [5, 5.41) is 10.1. The summed E-state index contributed by atoms with van der Waals surface area (Å²) in [5.74, 6) is 0. The van der Waals surface area contributed by atoms with Gasteiger partial charge in [-0.1, -0.05) is 20.8 Å². The lowest BCUT2D eigenvalue weighted by molar-refractivity contribution is -0.219. The Hall–Kier alpha value is 0.0169. The van der Waals surface area contributed by atoms with Gasteiger partial charge in [-0.05, 0) is 18.1 Å². The number of ether oxygens (including phenoxy) is 2. The second-order valence-electron chi connectivity index (χ2n) is 6.81. The summed E-state index contributed by atoms with van der Waals surface area (Å²) >= 11 is 0. The molecule has 3 N–H and O–H groups in total. The van der Waals surface area contributed by atoms with Gasteiger partial charge in [0.25, 0.3) is 0 Å². The summed E-state index contributed by atoms with van der Waals surface area (Å²) in [7, 11) is -0.258. The van der Waals surface area contributed by atoms with Crippen LogP contribution in [0.3, 0.4) is 0 Å². The van der Waals surface area contributed by atoms with Crippen LogP contribution in [0, 0.1) is 0 Å². The quantitative estimate of drug-likeness (QED) is 0.767. The van der Waals surface area contributed by atoms with E-state index >= 15 is 0 Å². The molecule has 0 amide bonds. The molecular weight excluding hydrogens is 262 g/mol. The first-order valence-electron chi connectivity index (χ1n) is 6.84. The Bertz CT molecular complexity index is 293. The predicted molar refractivity (Wildman–Crippen MR) is 77.4 cm³/mol. The second-order valence-corrected chi connectivity index (χ2v) is 11.6. The number of hydrogen-bond donors (Lipinski definition) is 2. The fourth-order valence-electron chi connectivity index (χ4n) is 1.78. The largest absolute Gasteiger partial charge is 0.414 e. The maximum absolute atomic E-state index is 9.91. The first-order valence-corrected chi connectivity index (χ1v) is 9.75. The van der Waals surface area contributed by atoms with Crippen LogP contribution in [0.25, 0.3) is 0 Å². The SMILES string of the molecule is CO[C@@H]1O[C@H](CO[Si](C)(C)C(C)(C)C)C[C@@H](O)[C@@H]1N. The van der Waals surface area contributed by atoms with E-state index in [1.54, 1.807) is 0 Å². The van der Waals surface area contributed by atoms with Gasteiger partial charge in [0.1, 0.15) is 0 Å². The Morgan fingerprint density at radius 1 is 1.37 bits per heavy atom. The van der Waals surface area contributed by atoms with E-state index in [4.69, 9.17) is 19.6 Å². The van der Waals surface area contributed by atoms with Gasteiger partial charge in [0.2, 0.25) is 0 Å². The number of aliphatic hydroxyl groups is 1. The van der Waals surface area contributed by atoms with Gasteiger partial charge >= 0.3 is 0 Å². The summed E-state index contributed by atoms with van der Waals surface area (Å²) in [5.41, 5.74) is 5.81. The van der Waals surface area contributed by atoms with Crippen molar-refractivity contribution in [1.29, 1.82) is 0 Å². The van der Waals surface area contributed by atoms with Crippen LogP contribution in [-0.2, 0) is 13.9 Å². The van der Waals surface area contributed by atoms with E-state index in [1.807, 2.05) is 0 Å². The van der Waals surface area contributed by atoms with Gasteiger partial charge in [0.05, 0.1) is 24.9 Å². The number of hydrogen-bond acceptors (Lipinski definition) is 5. The molecule has 1 aliphatic rings. The van der Waals surface area contributed by atoms with Crippen molar-refractivity contribution >= 4 is 8.32 Å². The molecule has 1 fully saturated rings. The number of aliphatic hydroxyl groups excluding tert-OH is 1. The van der Waals surface area contributed by atoms with Gasteiger partial charge < -0.3 is 24.7 Å². The van der Waals surface area contributed by atoms with Crippen molar-refractivity contribution in [2.45, 2.75) is 69.9 Å². The van der Waals surface area contributed by atoms with Crippen LogP contribution in [-0.4, -0.2) is 51.7 Å². The minimum atomic E-state index is -1.79. The minimum Gasteiger partial charge on any atom is -0.414 e. The molecule has 1 aliphatic heterocycles. The van der Waals surface area contributed by atoms with Gasteiger partial charge in [-0.15, -0.1) is 0 Å². The van der Waals surface area contributed by atoms with Gasteiger partial charge in [-0.3, -0.25) is 0 Å². The van der Waals surface area contributed by atoms with Crippen molar-refractivity contribution in [1.82, 2.24) is 0 Å². The molecule has 4 atom stereocenters. The first-order chi connectivity index (χ1) is 8.58.